The number of aromatic amines is 1. The van der Waals surface area contributed by atoms with E-state index in [-0.39, 0.29) is 17.3 Å². The highest BCUT2D eigenvalue weighted by atomic mass is 32.2. The first-order valence-electron chi connectivity index (χ1n) is 8.50. The molecule has 29 heavy (non-hydrogen) atoms. The lowest BCUT2D eigenvalue weighted by molar-refractivity contribution is 0.281. The molecule has 0 aliphatic carbocycles. The van der Waals surface area contributed by atoms with Gasteiger partial charge in [0.05, 0.1) is 15.9 Å². The normalized spacial score (nSPS) is 11.7. The number of hydrogen-bond donors (Lipinski definition) is 2. The minimum Gasteiger partial charge on any atom is -0.483 e. The summed E-state index contributed by atoms with van der Waals surface area (Å²) in [4.78, 5) is 7.44. The maximum atomic E-state index is 13.7. The third kappa shape index (κ3) is 3.96. The first-order valence-corrected chi connectivity index (χ1v) is 10.0. The molecule has 9 heteroatoms. The van der Waals surface area contributed by atoms with Crippen LogP contribution in [0.2, 0.25) is 0 Å². The summed E-state index contributed by atoms with van der Waals surface area (Å²) in [6, 6.07) is 14.7. The zero-order valence-corrected chi connectivity index (χ0v) is 15.7. The third-order valence-electron chi connectivity index (χ3n) is 4.29. The van der Waals surface area contributed by atoms with Crippen LogP contribution in [-0.2, 0) is 16.6 Å². The van der Waals surface area contributed by atoms with Crippen molar-refractivity contribution >= 4 is 21.1 Å². The third-order valence-corrected chi connectivity index (χ3v) is 5.26. The van der Waals surface area contributed by atoms with Crippen LogP contribution in [0.1, 0.15) is 5.82 Å². The van der Waals surface area contributed by atoms with E-state index in [1.807, 2.05) is 0 Å². The van der Waals surface area contributed by atoms with E-state index in [4.69, 9.17) is 9.88 Å². The summed E-state index contributed by atoms with van der Waals surface area (Å²) in [5, 5.41) is 5.31. The van der Waals surface area contributed by atoms with Gasteiger partial charge in [0, 0.05) is 11.6 Å². The molecule has 0 spiro atoms. The topological polar surface area (TPSA) is 98.1 Å². The van der Waals surface area contributed by atoms with Crippen LogP contribution in [0.3, 0.4) is 0 Å². The van der Waals surface area contributed by atoms with Crippen LogP contribution in [0.4, 0.5) is 8.78 Å². The van der Waals surface area contributed by atoms with Gasteiger partial charge in [-0.3, -0.25) is 0 Å². The number of imidazole rings is 1. The molecule has 1 heterocycles. The first-order chi connectivity index (χ1) is 13.8. The second kappa shape index (κ2) is 7.26. The number of nitrogens with one attached hydrogen (secondary N) is 1. The van der Waals surface area contributed by atoms with Gasteiger partial charge in [-0.15, -0.1) is 0 Å². The van der Waals surface area contributed by atoms with Crippen LogP contribution in [0.15, 0.2) is 65.6 Å². The fraction of sp³-hybridized carbons (Fsp3) is 0.0500. The van der Waals surface area contributed by atoms with E-state index in [9.17, 15) is 17.2 Å². The highest BCUT2D eigenvalue weighted by molar-refractivity contribution is 7.89. The van der Waals surface area contributed by atoms with Gasteiger partial charge in [-0.2, -0.15) is 0 Å². The quantitative estimate of drug-likeness (QED) is 0.519. The largest absolute Gasteiger partial charge is 0.483 e. The first kappa shape index (κ1) is 19.0. The van der Waals surface area contributed by atoms with Gasteiger partial charge in [0.2, 0.25) is 10.0 Å². The number of nitrogens with zero attached hydrogens (tertiary/aromatic N) is 1. The van der Waals surface area contributed by atoms with Crippen LogP contribution in [0, 0.1) is 11.6 Å². The zero-order valence-electron chi connectivity index (χ0n) is 14.9. The Labute approximate surface area is 165 Å². The van der Waals surface area contributed by atoms with E-state index in [0.717, 1.165) is 12.1 Å². The van der Waals surface area contributed by atoms with E-state index >= 15 is 0 Å². The van der Waals surface area contributed by atoms with Gasteiger partial charge in [0.15, 0.2) is 11.6 Å². The van der Waals surface area contributed by atoms with Crippen molar-refractivity contribution < 1.29 is 21.9 Å². The molecule has 4 rings (SSSR count). The van der Waals surface area contributed by atoms with Crippen LogP contribution in [0.5, 0.6) is 5.75 Å². The number of ether oxygens (including phenoxy) is 1. The lowest BCUT2D eigenvalue weighted by atomic mass is 10.1. The summed E-state index contributed by atoms with van der Waals surface area (Å²) in [5.41, 5.74) is 2.38. The molecule has 0 saturated carbocycles. The summed E-state index contributed by atoms with van der Waals surface area (Å²) >= 11 is 0. The molecular weight excluding hydrogens is 400 g/mol. The van der Waals surface area contributed by atoms with Crippen molar-refractivity contribution in [3.63, 3.8) is 0 Å². The Hall–Kier alpha value is -3.30. The van der Waals surface area contributed by atoms with Crippen molar-refractivity contribution in [3.8, 4) is 16.9 Å². The fourth-order valence-electron chi connectivity index (χ4n) is 2.99. The summed E-state index contributed by atoms with van der Waals surface area (Å²) in [5.74, 6) is -1.15. The number of H-pyrrole nitrogens is 1. The number of rotatable bonds is 5. The number of sulfonamides is 1. The molecule has 0 atom stereocenters. The Morgan fingerprint density at radius 1 is 1.03 bits per heavy atom. The summed E-state index contributed by atoms with van der Waals surface area (Å²) < 4.78 is 55.7. The number of halogens is 2. The average Bonchev–Trinajstić information content (AvgIpc) is 3.08. The van der Waals surface area contributed by atoms with Crippen molar-refractivity contribution in [1.29, 1.82) is 0 Å². The molecule has 0 fully saturated rings. The predicted octanol–water partition coefficient (Wildman–Crippen LogP) is 3.73. The molecule has 0 unspecified atom stereocenters. The van der Waals surface area contributed by atoms with E-state index in [2.05, 4.69) is 9.97 Å². The van der Waals surface area contributed by atoms with Crippen LogP contribution < -0.4 is 9.88 Å². The van der Waals surface area contributed by atoms with Crippen molar-refractivity contribution in [2.75, 3.05) is 0 Å². The van der Waals surface area contributed by atoms with Gasteiger partial charge >= 0.3 is 0 Å². The summed E-state index contributed by atoms with van der Waals surface area (Å²) in [6.07, 6.45) is 0. The van der Waals surface area contributed by atoms with Crippen LogP contribution >= 0.6 is 0 Å². The number of nitrogens with two attached hydrogens (primary N) is 1. The van der Waals surface area contributed by atoms with E-state index in [1.54, 1.807) is 36.4 Å². The van der Waals surface area contributed by atoms with E-state index in [0.29, 0.717) is 28.0 Å². The second-order valence-electron chi connectivity index (χ2n) is 6.32. The molecular formula is C20H15F2N3O3S. The SMILES string of the molecule is NS(=O)(=O)c1ccccc1-c1ccc2nc(COc3ccc(F)cc3F)[nH]c2c1. The van der Waals surface area contributed by atoms with Crippen molar-refractivity contribution in [1.82, 2.24) is 9.97 Å². The average molecular weight is 415 g/mol. The van der Waals surface area contributed by atoms with E-state index < -0.39 is 21.7 Å². The number of fused-ring (bicyclic) bond motifs is 1. The van der Waals surface area contributed by atoms with Crippen LogP contribution in [-0.4, -0.2) is 18.4 Å². The molecule has 3 N–H and O–H groups in total. The molecule has 0 amide bonds. The Balaban J connectivity index is 1.64. The highest BCUT2D eigenvalue weighted by Crippen LogP contribution is 2.29. The van der Waals surface area contributed by atoms with Crippen molar-refractivity contribution in [3.05, 3.63) is 78.1 Å². The van der Waals surface area contributed by atoms with Gasteiger partial charge in [0.1, 0.15) is 18.2 Å². The summed E-state index contributed by atoms with van der Waals surface area (Å²) in [7, 11) is -3.88. The molecule has 0 aliphatic rings. The zero-order chi connectivity index (χ0) is 20.6. The number of primary sulfonamides is 1. The second-order valence-corrected chi connectivity index (χ2v) is 7.85. The molecule has 148 valence electrons. The molecule has 0 aliphatic heterocycles. The van der Waals surface area contributed by atoms with Crippen molar-refractivity contribution in [2.24, 2.45) is 5.14 Å². The van der Waals surface area contributed by atoms with E-state index in [1.165, 1.54) is 12.1 Å². The minimum atomic E-state index is -3.88. The molecule has 0 radical (unpaired) electrons. The van der Waals surface area contributed by atoms with Gasteiger partial charge < -0.3 is 9.72 Å². The molecule has 0 saturated heterocycles. The number of benzene rings is 3. The highest BCUT2D eigenvalue weighted by Gasteiger charge is 2.15. The predicted molar refractivity (Wildman–Crippen MR) is 104 cm³/mol. The monoisotopic (exact) mass is 415 g/mol. The maximum Gasteiger partial charge on any atom is 0.238 e. The lowest BCUT2D eigenvalue weighted by Gasteiger charge is -2.07. The fourth-order valence-corrected chi connectivity index (χ4v) is 3.75. The Kier molecular flexibility index (Phi) is 4.77. The van der Waals surface area contributed by atoms with Crippen LogP contribution in [0.25, 0.3) is 22.2 Å². The maximum absolute atomic E-state index is 13.7. The Morgan fingerprint density at radius 3 is 2.59 bits per heavy atom. The standard InChI is InChI=1S/C20H15F2N3O3S/c21-13-6-8-18(15(22)10-13)28-11-20-24-16-7-5-12(9-17(16)25-20)14-3-1-2-4-19(14)29(23,26)27/h1-10H,11H2,(H,24,25)(H2,23,26,27). The van der Waals surface area contributed by atoms with Gasteiger partial charge in [-0.25, -0.2) is 27.3 Å². The minimum absolute atomic E-state index is 0.0224. The molecule has 1 aromatic heterocycles. The lowest BCUT2D eigenvalue weighted by Crippen LogP contribution is -2.13. The molecule has 3 aromatic carbocycles. The number of aromatic nitrogens is 2. The van der Waals surface area contributed by atoms with Gasteiger partial charge in [-0.1, -0.05) is 24.3 Å². The van der Waals surface area contributed by atoms with Gasteiger partial charge in [-0.05, 0) is 35.9 Å². The van der Waals surface area contributed by atoms with Gasteiger partial charge in [0.25, 0.3) is 0 Å². The molecule has 0 bridgehead atoms. The molecule has 6 nitrogen and oxygen atoms in total. The smallest absolute Gasteiger partial charge is 0.238 e. The Bertz CT molecular complexity index is 1320. The summed E-state index contributed by atoms with van der Waals surface area (Å²) in [6.45, 7) is -0.0552. The molecule has 4 aromatic rings. The number of hydrogen-bond acceptors (Lipinski definition) is 4. The van der Waals surface area contributed by atoms with Crippen molar-refractivity contribution in [2.45, 2.75) is 11.5 Å². The Morgan fingerprint density at radius 2 is 1.83 bits per heavy atom.